The Bertz CT molecular complexity index is 899. The minimum atomic E-state index is -0.358. The molecule has 1 aromatic heterocycles. The van der Waals surface area contributed by atoms with Crippen LogP contribution in [0.4, 0.5) is 0 Å². The summed E-state index contributed by atoms with van der Waals surface area (Å²) in [6, 6.07) is 8.88. The average molecular weight is 401 g/mol. The number of carbonyl (C=O) groups is 2. The fourth-order valence-corrected chi connectivity index (χ4v) is 4.25. The van der Waals surface area contributed by atoms with Crippen LogP contribution in [0.3, 0.4) is 0 Å². The third-order valence-electron chi connectivity index (χ3n) is 5.47. The maximum absolute atomic E-state index is 12.4. The number of nitrogens with one attached hydrogen (secondary N) is 2. The molecule has 0 spiro atoms. The van der Waals surface area contributed by atoms with E-state index in [1.807, 2.05) is 13.0 Å². The number of aromatic nitrogens is 2. The van der Waals surface area contributed by atoms with Crippen LogP contribution in [0.25, 0.3) is 0 Å². The van der Waals surface area contributed by atoms with E-state index in [1.165, 1.54) is 0 Å². The summed E-state index contributed by atoms with van der Waals surface area (Å²) in [4.78, 5) is 24.7. The van der Waals surface area contributed by atoms with Crippen molar-refractivity contribution in [2.75, 3.05) is 6.61 Å². The number of aryl methyl sites for hydroxylation is 1. The summed E-state index contributed by atoms with van der Waals surface area (Å²) in [5.41, 5.74) is 0.998. The van der Waals surface area contributed by atoms with Gasteiger partial charge in [0.25, 0.3) is 5.91 Å². The summed E-state index contributed by atoms with van der Waals surface area (Å²) in [6.45, 7) is 2.18. The predicted octanol–water partition coefficient (Wildman–Crippen LogP) is 2.17. The molecule has 1 heterocycles. The van der Waals surface area contributed by atoms with Gasteiger partial charge in [-0.05, 0) is 62.1 Å². The topological polar surface area (TPSA) is 93.2 Å². The van der Waals surface area contributed by atoms with Crippen LogP contribution in [0.1, 0.15) is 30.5 Å². The Morgan fingerprint density at radius 1 is 1.25 bits per heavy atom. The zero-order valence-electron chi connectivity index (χ0n) is 15.5. The van der Waals surface area contributed by atoms with Gasteiger partial charge in [-0.3, -0.25) is 9.59 Å². The van der Waals surface area contributed by atoms with Crippen LogP contribution >= 0.6 is 11.6 Å². The van der Waals surface area contributed by atoms with Crippen molar-refractivity contribution < 1.29 is 14.3 Å². The minimum absolute atomic E-state index is 0.0159. The van der Waals surface area contributed by atoms with Gasteiger partial charge in [0.15, 0.2) is 6.61 Å². The van der Waals surface area contributed by atoms with Crippen molar-refractivity contribution in [3.05, 3.63) is 52.8 Å². The Labute approximate surface area is 167 Å². The molecule has 3 aliphatic rings. The number of halogens is 1. The lowest BCUT2D eigenvalue weighted by atomic mass is 9.39. The molecule has 0 unspecified atom stereocenters. The standard InChI is InChI=1S/C20H21ClN4O3/c1-13-7-15(4-5-16(13)21)28-9-17(26)24-20-10-19(11-20,12-20)18(27)22-8-14-3-2-6-23-25-14/h2-7H,8-12H2,1H3,(H,22,27)(H,24,26). The molecule has 146 valence electrons. The summed E-state index contributed by atoms with van der Waals surface area (Å²) in [5.74, 6) is 0.442. The van der Waals surface area contributed by atoms with Gasteiger partial charge in [0.05, 0.1) is 17.7 Å². The number of carbonyl (C=O) groups excluding carboxylic acids is 2. The van der Waals surface area contributed by atoms with Crippen LogP contribution in [-0.2, 0) is 16.1 Å². The first-order chi connectivity index (χ1) is 13.4. The molecule has 3 saturated carbocycles. The Hall–Kier alpha value is -2.67. The van der Waals surface area contributed by atoms with Crippen molar-refractivity contribution in [2.45, 2.75) is 38.3 Å². The third-order valence-corrected chi connectivity index (χ3v) is 5.90. The molecular formula is C20H21ClN4O3. The number of rotatable bonds is 7. The largest absolute Gasteiger partial charge is 0.484 e. The zero-order chi connectivity index (χ0) is 19.8. The van der Waals surface area contributed by atoms with Gasteiger partial charge in [-0.1, -0.05) is 11.6 Å². The van der Waals surface area contributed by atoms with E-state index >= 15 is 0 Å². The SMILES string of the molecule is Cc1cc(OCC(=O)NC23CC(C(=O)NCc4cccnn4)(C2)C3)ccc1Cl. The van der Waals surface area contributed by atoms with E-state index in [2.05, 4.69) is 20.8 Å². The van der Waals surface area contributed by atoms with Crippen molar-refractivity contribution in [1.29, 1.82) is 0 Å². The van der Waals surface area contributed by atoms with Gasteiger partial charge in [-0.15, -0.1) is 0 Å². The molecule has 3 aliphatic carbocycles. The highest BCUT2D eigenvalue weighted by Crippen LogP contribution is 2.67. The predicted molar refractivity (Wildman–Crippen MR) is 103 cm³/mol. The van der Waals surface area contributed by atoms with E-state index in [9.17, 15) is 9.59 Å². The number of benzene rings is 1. The molecule has 2 amide bonds. The van der Waals surface area contributed by atoms with Gasteiger partial charge in [0.2, 0.25) is 5.91 Å². The lowest BCUT2D eigenvalue weighted by molar-refractivity contribution is -0.184. The maximum atomic E-state index is 12.4. The molecule has 5 rings (SSSR count). The fourth-order valence-electron chi connectivity index (χ4n) is 4.14. The molecule has 1 aromatic carbocycles. The molecule has 2 bridgehead atoms. The van der Waals surface area contributed by atoms with Crippen LogP contribution in [0.2, 0.25) is 5.02 Å². The number of nitrogens with zero attached hydrogens (tertiary/aromatic N) is 2. The summed E-state index contributed by atoms with van der Waals surface area (Å²) in [6.07, 6.45) is 3.59. The zero-order valence-corrected chi connectivity index (χ0v) is 16.3. The van der Waals surface area contributed by atoms with Gasteiger partial charge >= 0.3 is 0 Å². The summed E-state index contributed by atoms with van der Waals surface area (Å²) >= 11 is 5.98. The van der Waals surface area contributed by atoms with Crippen LogP contribution in [0, 0.1) is 12.3 Å². The number of hydrogen-bond acceptors (Lipinski definition) is 5. The van der Waals surface area contributed by atoms with E-state index < -0.39 is 0 Å². The van der Waals surface area contributed by atoms with E-state index in [0.717, 1.165) is 11.3 Å². The first-order valence-corrected chi connectivity index (χ1v) is 9.53. The van der Waals surface area contributed by atoms with Crippen molar-refractivity contribution >= 4 is 23.4 Å². The number of ether oxygens (including phenoxy) is 1. The molecule has 0 aliphatic heterocycles. The molecule has 8 heteroatoms. The molecule has 0 atom stereocenters. The Morgan fingerprint density at radius 3 is 2.71 bits per heavy atom. The lowest BCUT2D eigenvalue weighted by Crippen LogP contribution is -2.78. The van der Waals surface area contributed by atoms with Crippen molar-refractivity contribution in [3.63, 3.8) is 0 Å². The molecule has 3 fully saturated rings. The van der Waals surface area contributed by atoms with E-state index in [1.54, 1.807) is 30.5 Å². The highest BCUT2D eigenvalue weighted by atomic mass is 35.5. The molecule has 0 saturated heterocycles. The monoisotopic (exact) mass is 400 g/mol. The average Bonchev–Trinajstić information content (AvgIpc) is 2.63. The Morgan fingerprint density at radius 2 is 2.04 bits per heavy atom. The van der Waals surface area contributed by atoms with Crippen LogP contribution in [-0.4, -0.2) is 34.2 Å². The summed E-state index contributed by atoms with van der Waals surface area (Å²) < 4.78 is 5.53. The van der Waals surface area contributed by atoms with Crippen molar-refractivity contribution in [2.24, 2.45) is 5.41 Å². The second-order valence-corrected chi connectivity index (χ2v) is 8.14. The van der Waals surface area contributed by atoms with Crippen molar-refractivity contribution in [1.82, 2.24) is 20.8 Å². The second kappa shape index (κ2) is 7.05. The third kappa shape index (κ3) is 3.54. The Kier molecular flexibility index (Phi) is 4.71. The summed E-state index contributed by atoms with van der Waals surface area (Å²) in [7, 11) is 0. The number of hydrogen-bond donors (Lipinski definition) is 2. The lowest BCUT2D eigenvalue weighted by Gasteiger charge is -2.69. The molecule has 28 heavy (non-hydrogen) atoms. The van der Waals surface area contributed by atoms with E-state index in [4.69, 9.17) is 16.3 Å². The van der Waals surface area contributed by atoms with Gasteiger partial charge in [0, 0.05) is 16.8 Å². The molecule has 2 N–H and O–H groups in total. The van der Waals surface area contributed by atoms with Crippen LogP contribution in [0.15, 0.2) is 36.5 Å². The summed E-state index contributed by atoms with van der Waals surface area (Å²) in [5, 5.41) is 14.3. The van der Waals surface area contributed by atoms with E-state index in [0.29, 0.717) is 36.6 Å². The molecular weight excluding hydrogens is 380 g/mol. The quantitative estimate of drug-likeness (QED) is 0.743. The smallest absolute Gasteiger partial charge is 0.258 e. The van der Waals surface area contributed by atoms with Crippen molar-refractivity contribution in [3.8, 4) is 5.75 Å². The van der Waals surface area contributed by atoms with Gasteiger partial charge in [-0.25, -0.2) is 0 Å². The molecule has 0 radical (unpaired) electrons. The maximum Gasteiger partial charge on any atom is 0.258 e. The minimum Gasteiger partial charge on any atom is -0.484 e. The van der Waals surface area contributed by atoms with Crippen LogP contribution in [0.5, 0.6) is 5.75 Å². The van der Waals surface area contributed by atoms with Gasteiger partial charge in [0.1, 0.15) is 5.75 Å². The first-order valence-electron chi connectivity index (χ1n) is 9.15. The highest BCUT2D eigenvalue weighted by molar-refractivity contribution is 6.31. The highest BCUT2D eigenvalue weighted by Gasteiger charge is 2.72. The normalized spacial score (nSPS) is 24.5. The van der Waals surface area contributed by atoms with E-state index in [-0.39, 0.29) is 29.4 Å². The van der Waals surface area contributed by atoms with Crippen LogP contribution < -0.4 is 15.4 Å². The van der Waals surface area contributed by atoms with Gasteiger partial charge in [-0.2, -0.15) is 10.2 Å². The second-order valence-electron chi connectivity index (χ2n) is 7.74. The number of amides is 2. The van der Waals surface area contributed by atoms with Gasteiger partial charge < -0.3 is 15.4 Å². The molecule has 7 nitrogen and oxygen atoms in total. The Balaban J connectivity index is 1.21. The fraction of sp³-hybridized carbons (Fsp3) is 0.400. The molecule has 2 aromatic rings. The first kappa shape index (κ1) is 18.7.